The molecule has 1 aromatic heterocycles. The lowest BCUT2D eigenvalue weighted by molar-refractivity contribution is -0.00841. The Labute approximate surface area is 207 Å². The molecule has 170 valence electrons. The van der Waals surface area contributed by atoms with Crippen LogP contribution in [-0.4, -0.2) is 62.1 Å². The summed E-state index contributed by atoms with van der Waals surface area (Å²) in [5.41, 5.74) is 2.58. The molecular weight excluding hydrogens is 519 g/mol. The predicted octanol–water partition coefficient (Wildman–Crippen LogP) is 4.54. The summed E-state index contributed by atoms with van der Waals surface area (Å²) in [6.07, 6.45) is 2.62. The van der Waals surface area contributed by atoms with Gasteiger partial charge < -0.3 is 15.0 Å². The van der Waals surface area contributed by atoms with Gasteiger partial charge in [0.1, 0.15) is 6.10 Å². The Morgan fingerprint density at radius 3 is 2.68 bits per heavy atom. The van der Waals surface area contributed by atoms with Crippen LogP contribution in [0.2, 0.25) is 0 Å². The first-order chi connectivity index (χ1) is 14.7. The molecule has 3 heterocycles. The second-order valence-electron chi connectivity index (χ2n) is 8.39. The summed E-state index contributed by atoms with van der Waals surface area (Å²) >= 11 is 1.86. The highest BCUT2D eigenvalue weighted by molar-refractivity contribution is 14.0. The summed E-state index contributed by atoms with van der Waals surface area (Å²) < 4.78 is 6.09. The van der Waals surface area contributed by atoms with E-state index in [4.69, 9.17) is 4.74 Å². The second kappa shape index (κ2) is 12.2. The Morgan fingerprint density at radius 1 is 1.16 bits per heavy atom. The number of piperidine rings is 1. The molecule has 0 aliphatic carbocycles. The van der Waals surface area contributed by atoms with Crippen LogP contribution in [0, 0.1) is 12.8 Å². The average Bonchev–Trinajstić information content (AvgIpc) is 3.29. The van der Waals surface area contributed by atoms with Crippen molar-refractivity contribution in [2.75, 3.05) is 46.4 Å². The van der Waals surface area contributed by atoms with Crippen LogP contribution in [0.1, 0.15) is 34.9 Å². The number of hydrogen-bond donors (Lipinski definition) is 1. The molecule has 2 saturated heterocycles. The van der Waals surface area contributed by atoms with Gasteiger partial charge >= 0.3 is 0 Å². The number of guanidine groups is 1. The molecule has 0 bridgehead atoms. The molecule has 5 nitrogen and oxygen atoms in total. The number of thiophene rings is 1. The largest absolute Gasteiger partial charge is 0.370 e. The van der Waals surface area contributed by atoms with Crippen LogP contribution >= 0.6 is 35.3 Å². The third-order valence-corrected chi connectivity index (χ3v) is 7.19. The zero-order chi connectivity index (χ0) is 20.8. The highest BCUT2D eigenvalue weighted by Crippen LogP contribution is 2.25. The number of ether oxygens (including phenoxy) is 1. The summed E-state index contributed by atoms with van der Waals surface area (Å²) in [4.78, 5) is 11.0. The van der Waals surface area contributed by atoms with Gasteiger partial charge in [0.25, 0.3) is 0 Å². The molecule has 7 heteroatoms. The fourth-order valence-electron chi connectivity index (χ4n) is 4.52. The van der Waals surface area contributed by atoms with Crippen molar-refractivity contribution in [2.24, 2.45) is 10.9 Å². The number of hydrogen-bond acceptors (Lipinski definition) is 4. The van der Waals surface area contributed by atoms with Gasteiger partial charge in [0, 0.05) is 31.6 Å². The summed E-state index contributed by atoms with van der Waals surface area (Å²) in [5, 5.41) is 5.83. The van der Waals surface area contributed by atoms with E-state index in [9.17, 15) is 0 Å². The topological polar surface area (TPSA) is 40.1 Å². The first kappa shape index (κ1) is 24.5. The smallest absolute Gasteiger partial charge is 0.193 e. The number of nitrogens with one attached hydrogen (secondary N) is 1. The lowest BCUT2D eigenvalue weighted by atomic mass is 9.97. The van der Waals surface area contributed by atoms with E-state index in [2.05, 4.69) is 68.8 Å². The van der Waals surface area contributed by atoms with Gasteiger partial charge in [-0.25, -0.2) is 0 Å². The number of aryl methyl sites for hydroxylation is 1. The van der Waals surface area contributed by atoms with Crippen molar-refractivity contribution in [1.29, 1.82) is 0 Å². The number of halogens is 1. The van der Waals surface area contributed by atoms with Crippen LogP contribution in [-0.2, 0) is 11.3 Å². The van der Waals surface area contributed by atoms with Crippen LogP contribution < -0.4 is 5.32 Å². The Balaban J connectivity index is 0.00000272. The van der Waals surface area contributed by atoms with Crippen molar-refractivity contribution in [2.45, 2.75) is 32.4 Å². The van der Waals surface area contributed by atoms with E-state index in [0.29, 0.717) is 0 Å². The molecule has 1 aromatic carbocycles. The maximum atomic E-state index is 6.09. The summed E-state index contributed by atoms with van der Waals surface area (Å²) in [6.45, 7) is 9.13. The minimum atomic E-state index is 0. The van der Waals surface area contributed by atoms with Crippen molar-refractivity contribution in [1.82, 2.24) is 15.1 Å². The number of likely N-dealkylation sites (tertiary alicyclic amines) is 1. The van der Waals surface area contributed by atoms with Crippen LogP contribution in [0.4, 0.5) is 0 Å². The monoisotopic (exact) mass is 554 g/mol. The quantitative estimate of drug-likeness (QED) is 0.335. The molecule has 31 heavy (non-hydrogen) atoms. The van der Waals surface area contributed by atoms with Crippen LogP contribution in [0.15, 0.2) is 46.8 Å². The van der Waals surface area contributed by atoms with Gasteiger partial charge in [0.2, 0.25) is 0 Å². The highest BCUT2D eigenvalue weighted by Gasteiger charge is 2.26. The van der Waals surface area contributed by atoms with Gasteiger partial charge in [0.05, 0.1) is 13.2 Å². The van der Waals surface area contributed by atoms with Gasteiger partial charge in [-0.1, -0.05) is 30.3 Å². The maximum absolute atomic E-state index is 6.09. The van der Waals surface area contributed by atoms with Crippen LogP contribution in [0.25, 0.3) is 0 Å². The molecule has 4 rings (SSSR count). The van der Waals surface area contributed by atoms with E-state index in [1.54, 1.807) is 0 Å². The maximum Gasteiger partial charge on any atom is 0.193 e. The standard InChI is InChI=1S/C24H34N4OS.HI/c1-19-6-3-4-8-22(19)23-18-28(13-14-29-23)24(25-2)26-16-20-9-11-27(12-10-20)17-21-7-5-15-30-21;/h3-8,15,20,23H,9-14,16-18H2,1-2H3,(H,25,26);1H. The molecule has 2 aromatic rings. The third-order valence-electron chi connectivity index (χ3n) is 6.33. The summed E-state index contributed by atoms with van der Waals surface area (Å²) in [5.74, 6) is 1.73. The Kier molecular flexibility index (Phi) is 9.62. The van der Waals surface area contributed by atoms with Gasteiger partial charge in [-0.15, -0.1) is 35.3 Å². The van der Waals surface area contributed by atoms with E-state index in [-0.39, 0.29) is 30.1 Å². The van der Waals surface area contributed by atoms with E-state index in [1.807, 2.05) is 18.4 Å². The third kappa shape index (κ3) is 6.66. The van der Waals surface area contributed by atoms with E-state index < -0.39 is 0 Å². The van der Waals surface area contributed by atoms with Crippen molar-refractivity contribution in [3.05, 3.63) is 57.8 Å². The molecule has 0 spiro atoms. The molecule has 1 N–H and O–H groups in total. The van der Waals surface area contributed by atoms with Crippen LogP contribution in [0.3, 0.4) is 0 Å². The van der Waals surface area contributed by atoms with Gasteiger partial charge in [-0.2, -0.15) is 0 Å². The lowest BCUT2D eigenvalue weighted by Gasteiger charge is -2.37. The molecule has 0 radical (unpaired) electrons. The molecule has 0 amide bonds. The fraction of sp³-hybridized carbons (Fsp3) is 0.542. The lowest BCUT2D eigenvalue weighted by Crippen LogP contribution is -2.49. The molecule has 1 atom stereocenters. The average molecular weight is 555 g/mol. The molecule has 2 aliphatic rings. The van der Waals surface area contributed by atoms with E-state index >= 15 is 0 Å². The number of morpholine rings is 1. The Hall–Kier alpha value is -1.16. The molecular formula is C24H35IN4OS. The first-order valence-corrected chi connectivity index (χ1v) is 12.0. The predicted molar refractivity (Wildman–Crippen MR) is 141 cm³/mol. The molecule has 1 unspecified atom stereocenters. The first-order valence-electron chi connectivity index (χ1n) is 11.1. The minimum Gasteiger partial charge on any atom is -0.370 e. The van der Waals surface area contributed by atoms with Gasteiger partial charge in [0.15, 0.2) is 5.96 Å². The zero-order valence-electron chi connectivity index (χ0n) is 18.6. The molecule has 0 saturated carbocycles. The fourth-order valence-corrected chi connectivity index (χ4v) is 5.26. The van der Waals surface area contributed by atoms with E-state index in [0.717, 1.165) is 44.7 Å². The Morgan fingerprint density at radius 2 is 1.97 bits per heavy atom. The minimum absolute atomic E-state index is 0. The summed E-state index contributed by atoms with van der Waals surface area (Å²) in [6, 6.07) is 12.9. The zero-order valence-corrected chi connectivity index (χ0v) is 21.8. The number of benzene rings is 1. The van der Waals surface area contributed by atoms with Gasteiger partial charge in [-0.3, -0.25) is 9.89 Å². The normalized spacial score (nSPS) is 21.0. The molecule has 2 aliphatic heterocycles. The van der Waals surface area contributed by atoms with Crippen molar-refractivity contribution >= 4 is 41.3 Å². The van der Waals surface area contributed by atoms with Crippen molar-refractivity contribution in [3.8, 4) is 0 Å². The number of aliphatic imine (C=N–C) groups is 1. The van der Waals surface area contributed by atoms with Crippen molar-refractivity contribution < 1.29 is 4.74 Å². The second-order valence-corrected chi connectivity index (χ2v) is 9.42. The van der Waals surface area contributed by atoms with Crippen molar-refractivity contribution in [3.63, 3.8) is 0 Å². The van der Waals surface area contributed by atoms with Crippen LogP contribution in [0.5, 0.6) is 0 Å². The molecule has 2 fully saturated rings. The highest BCUT2D eigenvalue weighted by atomic mass is 127. The summed E-state index contributed by atoms with van der Waals surface area (Å²) in [7, 11) is 1.89. The Bertz CT molecular complexity index is 821. The SMILES string of the molecule is CN=C(NCC1CCN(Cc2cccs2)CC1)N1CCOC(c2ccccc2C)C1.I. The van der Waals surface area contributed by atoms with E-state index in [1.165, 1.54) is 41.9 Å². The number of nitrogens with zero attached hydrogens (tertiary/aromatic N) is 3. The number of rotatable bonds is 5. The van der Waals surface area contributed by atoms with Gasteiger partial charge in [-0.05, 0) is 61.3 Å².